The molecule has 0 saturated heterocycles. The van der Waals surface area contributed by atoms with Gasteiger partial charge >= 0.3 is 0 Å². The predicted molar refractivity (Wildman–Crippen MR) is 85.1 cm³/mol. The fourth-order valence-corrected chi connectivity index (χ4v) is 2.48. The van der Waals surface area contributed by atoms with E-state index in [1.807, 2.05) is 22.8 Å². The molecule has 1 aliphatic heterocycles. The van der Waals surface area contributed by atoms with E-state index in [2.05, 4.69) is 20.8 Å². The second-order valence-corrected chi connectivity index (χ2v) is 5.44. The summed E-state index contributed by atoms with van der Waals surface area (Å²) >= 11 is 0. The first-order valence-corrected chi connectivity index (χ1v) is 7.84. The highest BCUT2D eigenvalue weighted by molar-refractivity contribution is 5.85. The summed E-state index contributed by atoms with van der Waals surface area (Å²) in [6.45, 7) is 0.969. The summed E-state index contributed by atoms with van der Waals surface area (Å²) in [6.07, 6.45) is 1.99. The third-order valence-electron chi connectivity index (χ3n) is 3.69. The standard InChI is InChI=1S/C16H19N5O3/c22-15(17-9-14-20-19-13-7-4-8-21(13)14)10-18-16(23)11-24-12-5-2-1-3-6-12/h1-3,5-6H,4,7-11H2,(H,17,22)(H,18,23). The van der Waals surface area contributed by atoms with Gasteiger partial charge in [-0.2, -0.15) is 0 Å². The quantitative estimate of drug-likeness (QED) is 0.747. The largest absolute Gasteiger partial charge is 0.484 e. The number of carbonyl (C=O) groups is 2. The number of hydrogen-bond donors (Lipinski definition) is 2. The van der Waals surface area contributed by atoms with Crippen molar-refractivity contribution in [3.8, 4) is 5.75 Å². The second kappa shape index (κ2) is 7.58. The summed E-state index contributed by atoms with van der Waals surface area (Å²) in [5.41, 5.74) is 0. The summed E-state index contributed by atoms with van der Waals surface area (Å²) in [5.74, 6) is 1.69. The van der Waals surface area contributed by atoms with Crippen LogP contribution in [0.4, 0.5) is 0 Å². The van der Waals surface area contributed by atoms with Crippen LogP contribution in [-0.4, -0.2) is 39.7 Å². The smallest absolute Gasteiger partial charge is 0.258 e. The Hall–Kier alpha value is -2.90. The lowest BCUT2D eigenvalue weighted by Crippen LogP contribution is -2.39. The van der Waals surface area contributed by atoms with Crippen LogP contribution in [0.2, 0.25) is 0 Å². The molecule has 0 radical (unpaired) electrons. The molecule has 2 amide bonds. The number of aryl methyl sites for hydroxylation is 1. The van der Waals surface area contributed by atoms with Gasteiger partial charge in [-0.25, -0.2) is 0 Å². The average Bonchev–Trinajstić information content (AvgIpc) is 3.21. The molecule has 24 heavy (non-hydrogen) atoms. The molecular weight excluding hydrogens is 310 g/mol. The van der Waals surface area contributed by atoms with Crippen molar-refractivity contribution in [2.24, 2.45) is 0 Å². The molecule has 126 valence electrons. The third-order valence-corrected chi connectivity index (χ3v) is 3.69. The van der Waals surface area contributed by atoms with Crippen LogP contribution in [0.5, 0.6) is 5.75 Å². The van der Waals surface area contributed by atoms with Crippen LogP contribution in [0.3, 0.4) is 0 Å². The van der Waals surface area contributed by atoms with Crippen molar-refractivity contribution < 1.29 is 14.3 Å². The van der Waals surface area contributed by atoms with Crippen LogP contribution in [0.25, 0.3) is 0 Å². The van der Waals surface area contributed by atoms with E-state index in [0.29, 0.717) is 12.3 Å². The molecule has 0 unspecified atom stereocenters. The van der Waals surface area contributed by atoms with Crippen molar-refractivity contribution in [2.75, 3.05) is 13.2 Å². The number of para-hydroxylation sites is 1. The topological polar surface area (TPSA) is 98.1 Å². The van der Waals surface area contributed by atoms with E-state index in [-0.39, 0.29) is 25.0 Å². The first-order chi connectivity index (χ1) is 11.7. The van der Waals surface area contributed by atoms with E-state index in [1.54, 1.807) is 12.1 Å². The number of benzene rings is 1. The highest BCUT2D eigenvalue weighted by atomic mass is 16.5. The van der Waals surface area contributed by atoms with Crippen molar-refractivity contribution in [2.45, 2.75) is 25.9 Å². The van der Waals surface area contributed by atoms with Crippen LogP contribution >= 0.6 is 0 Å². The molecule has 1 aromatic heterocycles. The number of fused-ring (bicyclic) bond motifs is 1. The van der Waals surface area contributed by atoms with Gasteiger partial charge in [-0.15, -0.1) is 10.2 Å². The Labute approximate surface area is 139 Å². The summed E-state index contributed by atoms with van der Waals surface area (Å²) in [6, 6.07) is 9.03. The van der Waals surface area contributed by atoms with E-state index in [0.717, 1.165) is 31.0 Å². The zero-order valence-electron chi connectivity index (χ0n) is 13.2. The van der Waals surface area contributed by atoms with Crippen LogP contribution < -0.4 is 15.4 Å². The van der Waals surface area contributed by atoms with Gasteiger partial charge in [0.1, 0.15) is 11.6 Å². The molecule has 2 aromatic rings. The minimum absolute atomic E-state index is 0.0992. The number of aromatic nitrogens is 3. The molecule has 2 heterocycles. The van der Waals surface area contributed by atoms with Gasteiger partial charge in [-0.1, -0.05) is 18.2 Å². The van der Waals surface area contributed by atoms with E-state index in [4.69, 9.17) is 4.74 Å². The Bertz CT molecular complexity index is 714. The van der Waals surface area contributed by atoms with Crippen LogP contribution in [0, 0.1) is 0 Å². The van der Waals surface area contributed by atoms with Gasteiger partial charge in [0.15, 0.2) is 12.4 Å². The van der Waals surface area contributed by atoms with Crippen molar-refractivity contribution >= 4 is 11.8 Å². The van der Waals surface area contributed by atoms with Crippen molar-refractivity contribution in [1.82, 2.24) is 25.4 Å². The fourth-order valence-electron chi connectivity index (χ4n) is 2.48. The first-order valence-electron chi connectivity index (χ1n) is 7.84. The zero-order chi connectivity index (χ0) is 16.8. The summed E-state index contributed by atoms with van der Waals surface area (Å²) in [7, 11) is 0. The molecule has 0 bridgehead atoms. The van der Waals surface area contributed by atoms with E-state index in [1.165, 1.54) is 0 Å². The number of carbonyl (C=O) groups excluding carboxylic acids is 2. The molecular formula is C16H19N5O3. The maximum Gasteiger partial charge on any atom is 0.258 e. The van der Waals surface area contributed by atoms with Gasteiger partial charge in [0.2, 0.25) is 5.91 Å². The minimum atomic E-state index is -0.350. The second-order valence-electron chi connectivity index (χ2n) is 5.44. The highest BCUT2D eigenvalue weighted by Crippen LogP contribution is 2.13. The van der Waals surface area contributed by atoms with Gasteiger partial charge in [-0.3, -0.25) is 9.59 Å². The molecule has 0 spiro atoms. The molecule has 0 fully saturated rings. The Morgan fingerprint density at radius 1 is 1.12 bits per heavy atom. The maximum absolute atomic E-state index is 11.8. The van der Waals surface area contributed by atoms with Crippen molar-refractivity contribution in [1.29, 1.82) is 0 Å². The number of nitrogens with zero attached hydrogens (tertiary/aromatic N) is 3. The lowest BCUT2D eigenvalue weighted by molar-refractivity contribution is -0.127. The lowest BCUT2D eigenvalue weighted by Gasteiger charge is -2.08. The third kappa shape index (κ3) is 4.09. The Morgan fingerprint density at radius 2 is 1.96 bits per heavy atom. The summed E-state index contributed by atoms with van der Waals surface area (Å²) in [4.78, 5) is 23.5. The Balaban J connectivity index is 1.35. The highest BCUT2D eigenvalue weighted by Gasteiger charge is 2.17. The Kier molecular flexibility index (Phi) is 5.05. The summed E-state index contributed by atoms with van der Waals surface area (Å²) < 4.78 is 7.32. The average molecular weight is 329 g/mol. The van der Waals surface area contributed by atoms with Gasteiger partial charge in [-0.05, 0) is 18.6 Å². The van der Waals surface area contributed by atoms with Gasteiger partial charge in [0, 0.05) is 13.0 Å². The molecule has 8 heteroatoms. The number of nitrogens with one attached hydrogen (secondary N) is 2. The van der Waals surface area contributed by atoms with Gasteiger partial charge in [0.05, 0.1) is 13.1 Å². The SMILES string of the molecule is O=C(CNC(=O)COc1ccccc1)NCc1nnc2n1CCC2. The number of ether oxygens (including phenoxy) is 1. The van der Waals surface area contributed by atoms with Crippen LogP contribution in [-0.2, 0) is 29.1 Å². The number of rotatable bonds is 7. The molecule has 0 atom stereocenters. The van der Waals surface area contributed by atoms with E-state index >= 15 is 0 Å². The molecule has 0 aliphatic carbocycles. The lowest BCUT2D eigenvalue weighted by atomic mass is 10.3. The van der Waals surface area contributed by atoms with Crippen LogP contribution in [0.15, 0.2) is 30.3 Å². The van der Waals surface area contributed by atoms with Crippen molar-refractivity contribution in [3.05, 3.63) is 42.0 Å². The monoisotopic (exact) mass is 329 g/mol. The number of amides is 2. The van der Waals surface area contributed by atoms with E-state index < -0.39 is 0 Å². The Morgan fingerprint density at radius 3 is 2.79 bits per heavy atom. The molecule has 8 nitrogen and oxygen atoms in total. The molecule has 2 N–H and O–H groups in total. The fraction of sp³-hybridized carbons (Fsp3) is 0.375. The first kappa shape index (κ1) is 16.0. The normalized spacial score (nSPS) is 12.5. The number of hydrogen-bond acceptors (Lipinski definition) is 5. The maximum atomic E-state index is 11.8. The molecule has 0 saturated carbocycles. The molecule has 3 rings (SSSR count). The van der Waals surface area contributed by atoms with Gasteiger partial charge in [0.25, 0.3) is 5.91 Å². The molecule has 1 aliphatic rings. The summed E-state index contributed by atoms with van der Waals surface area (Å²) in [5, 5.41) is 13.4. The van der Waals surface area contributed by atoms with E-state index in [9.17, 15) is 9.59 Å². The van der Waals surface area contributed by atoms with Crippen LogP contribution in [0.1, 0.15) is 18.1 Å². The minimum Gasteiger partial charge on any atom is -0.484 e. The van der Waals surface area contributed by atoms with Crippen molar-refractivity contribution in [3.63, 3.8) is 0 Å². The zero-order valence-corrected chi connectivity index (χ0v) is 13.2. The van der Waals surface area contributed by atoms with Gasteiger partial charge < -0.3 is 19.9 Å². The predicted octanol–water partition coefficient (Wildman–Crippen LogP) is 0.0357. The molecule has 1 aromatic carbocycles.